The van der Waals surface area contributed by atoms with Crippen LogP contribution in [0.2, 0.25) is 0 Å². The first-order valence-electron chi connectivity index (χ1n) is 11.2. The molecule has 0 spiro atoms. The van der Waals surface area contributed by atoms with Gasteiger partial charge < -0.3 is 20.9 Å². The minimum atomic E-state index is -0.611. The van der Waals surface area contributed by atoms with Gasteiger partial charge in [-0.05, 0) is 55.7 Å². The third-order valence-corrected chi connectivity index (χ3v) is 6.51. The fraction of sp³-hybridized carbons (Fsp3) is 0.478. The highest BCUT2D eigenvalue weighted by Gasteiger charge is 2.23. The lowest BCUT2D eigenvalue weighted by atomic mass is 9.89. The van der Waals surface area contributed by atoms with E-state index in [1.54, 1.807) is 6.20 Å². The Hall–Kier alpha value is -2.87. The number of hydrogen-bond acceptors (Lipinski definition) is 6. The van der Waals surface area contributed by atoms with Gasteiger partial charge in [0.1, 0.15) is 11.7 Å². The summed E-state index contributed by atoms with van der Waals surface area (Å²) in [6, 6.07) is 8.12. The molecule has 1 aromatic heterocycles. The van der Waals surface area contributed by atoms with Gasteiger partial charge in [-0.1, -0.05) is 12.1 Å². The highest BCUT2D eigenvalue weighted by atomic mass is 35.5. The highest BCUT2D eigenvalue weighted by Crippen LogP contribution is 2.30. The van der Waals surface area contributed by atoms with Gasteiger partial charge in [-0.3, -0.25) is 9.59 Å². The third-order valence-electron chi connectivity index (χ3n) is 6.28. The van der Waals surface area contributed by atoms with E-state index in [0.29, 0.717) is 11.7 Å². The summed E-state index contributed by atoms with van der Waals surface area (Å²) in [5, 5.41) is 3.22. The van der Waals surface area contributed by atoms with E-state index in [4.69, 9.17) is 17.3 Å². The predicted molar refractivity (Wildman–Crippen MR) is 126 cm³/mol. The highest BCUT2D eigenvalue weighted by molar-refractivity contribution is 6.27. The van der Waals surface area contributed by atoms with Gasteiger partial charge >= 0.3 is 0 Å². The Morgan fingerprint density at radius 1 is 1.06 bits per heavy atom. The monoisotopic (exact) mass is 456 g/mol. The zero-order valence-electron chi connectivity index (χ0n) is 18.1. The molecule has 0 radical (unpaired) electrons. The van der Waals surface area contributed by atoms with Crippen LogP contribution in [0.3, 0.4) is 0 Å². The second-order valence-electron chi connectivity index (χ2n) is 8.37. The first-order chi connectivity index (χ1) is 15.5. The first kappa shape index (κ1) is 22.3. The minimum Gasteiger partial charge on any atom is -0.364 e. The Bertz CT molecular complexity index is 953. The van der Waals surface area contributed by atoms with E-state index in [1.807, 2.05) is 17.0 Å². The van der Waals surface area contributed by atoms with Crippen molar-refractivity contribution in [3.05, 3.63) is 41.7 Å². The number of halogens is 1. The number of aromatic nitrogens is 2. The number of hydrogen-bond donors (Lipinski definition) is 2. The molecule has 4 rings (SSSR count). The van der Waals surface area contributed by atoms with Crippen LogP contribution in [0, 0.1) is 0 Å². The molecule has 170 valence electrons. The number of carbonyl (C=O) groups excluding carboxylic acids is 2. The molecule has 2 aliphatic rings. The van der Waals surface area contributed by atoms with Crippen molar-refractivity contribution in [3.8, 4) is 0 Å². The number of alkyl halides is 1. The van der Waals surface area contributed by atoms with Crippen LogP contribution in [0.4, 0.5) is 17.3 Å². The number of amides is 2. The zero-order chi connectivity index (χ0) is 22.5. The second kappa shape index (κ2) is 10.2. The fourth-order valence-corrected chi connectivity index (χ4v) is 4.61. The van der Waals surface area contributed by atoms with Crippen LogP contribution in [0.1, 0.15) is 54.1 Å². The van der Waals surface area contributed by atoms with Crippen LogP contribution in [0.15, 0.2) is 30.5 Å². The van der Waals surface area contributed by atoms with Crippen LogP contribution < -0.4 is 16.0 Å². The molecular weight excluding hydrogens is 428 g/mol. The summed E-state index contributed by atoms with van der Waals surface area (Å²) < 4.78 is 0. The molecule has 2 amide bonds. The van der Waals surface area contributed by atoms with Gasteiger partial charge in [-0.2, -0.15) is 0 Å². The van der Waals surface area contributed by atoms with Crippen LogP contribution in [-0.2, 0) is 4.79 Å². The zero-order valence-corrected chi connectivity index (χ0v) is 18.9. The number of primary amides is 1. The second-order valence-corrected chi connectivity index (χ2v) is 8.64. The van der Waals surface area contributed by atoms with Crippen molar-refractivity contribution in [3.63, 3.8) is 0 Å². The summed E-state index contributed by atoms with van der Waals surface area (Å²) >= 11 is 5.67. The van der Waals surface area contributed by atoms with Crippen LogP contribution in [0.5, 0.6) is 0 Å². The quantitative estimate of drug-likeness (QED) is 0.646. The topological polar surface area (TPSA) is 104 Å². The molecule has 32 heavy (non-hydrogen) atoms. The fourth-order valence-electron chi connectivity index (χ4n) is 4.44. The van der Waals surface area contributed by atoms with Gasteiger partial charge in [-0.25, -0.2) is 9.97 Å². The molecule has 0 saturated carbocycles. The molecule has 8 nitrogen and oxygen atoms in total. The third kappa shape index (κ3) is 5.12. The van der Waals surface area contributed by atoms with Crippen molar-refractivity contribution in [2.45, 2.75) is 38.0 Å². The van der Waals surface area contributed by atoms with Crippen molar-refractivity contribution in [1.29, 1.82) is 0 Å². The molecule has 3 heterocycles. The smallest absolute Gasteiger partial charge is 0.271 e. The van der Waals surface area contributed by atoms with Gasteiger partial charge in [0.05, 0.1) is 6.20 Å². The summed E-state index contributed by atoms with van der Waals surface area (Å²) in [6.45, 7) is 3.34. The maximum atomic E-state index is 11.9. The number of piperidine rings is 2. The summed E-state index contributed by atoms with van der Waals surface area (Å²) in [6.07, 6.45) is 6.95. The molecule has 3 N–H and O–H groups in total. The van der Waals surface area contributed by atoms with E-state index >= 15 is 0 Å². The predicted octanol–water partition coefficient (Wildman–Crippen LogP) is 3.25. The molecule has 2 saturated heterocycles. The summed E-state index contributed by atoms with van der Waals surface area (Å²) in [4.78, 5) is 36.6. The molecule has 2 aliphatic heterocycles. The Kier molecular flexibility index (Phi) is 7.09. The molecular formula is C23H29ClN6O2. The molecule has 1 aromatic carbocycles. The van der Waals surface area contributed by atoms with E-state index in [-0.39, 0.29) is 17.5 Å². The van der Waals surface area contributed by atoms with E-state index in [0.717, 1.165) is 63.4 Å². The van der Waals surface area contributed by atoms with Crippen molar-refractivity contribution in [1.82, 2.24) is 14.9 Å². The van der Waals surface area contributed by atoms with Crippen LogP contribution in [-0.4, -0.2) is 58.7 Å². The first-order valence-corrected chi connectivity index (χ1v) is 11.7. The minimum absolute atomic E-state index is 0.00260. The average Bonchev–Trinajstić information content (AvgIpc) is 2.84. The SMILES string of the molecule is NC(=O)c1ncc(N2CCCCC2)nc1Nc1ccc(C2CCN(C(=O)CCl)CC2)cc1. The summed E-state index contributed by atoms with van der Waals surface area (Å²) in [5.41, 5.74) is 7.71. The van der Waals surface area contributed by atoms with Crippen molar-refractivity contribution < 1.29 is 9.59 Å². The van der Waals surface area contributed by atoms with Crippen molar-refractivity contribution >= 4 is 40.7 Å². The van der Waals surface area contributed by atoms with Crippen molar-refractivity contribution in [2.75, 3.05) is 42.3 Å². The van der Waals surface area contributed by atoms with E-state index in [2.05, 4.69) is 32.3 Å². The number of likely N-dealkylation sites (tertiary alicyclic amines) is 1. The summed E-state index contributed by atoms with van der Waals surface area (Å²) in [5.74, 6) is 0.975. The summed E-state index contributed by atoms with van der Waals surface area (Å²) in [7, 11) is 0. The molecule has 0 aliphatic carbocycles. The number of nitrogens with one attached hydrogen (secondary N) is 1. The average molecular weight is 457 g/mol. The van der Waals surface area contributed by atoms with Crippen LogP contribution >= 0.6 is 11.6 Å². The molecule has 2 fully saturated rings. The Morgan fingerprint density at radius 2 is 1.75 bits per heavy atom. The maximum absolute atomic E-state index is 11.9. The molecule has 9 heteroatoms. The van der Waals surface area contributed by atoms with E-state index in [1.165, 1.54) is 12.0 Å². The normalized spacial score (nSPS) is 17.3. The lowest BCUT2D eigenvalue weighted by molar-refractivity contribution is -0.129. The lowest BCUT2D eigenvalue weighted by Gasteiger charge is -2.32. The van der Waals surface area contributed by atoms with Gasteiger partial charge in [-0.15, -0.1) is 11.6 Å². The number of rotatable bonds is 6. The van der Waals surface area contributed by atoms with E-state index in [9.17, 15) is 9.59 Å². The molecule has 0 unspecified atom stereocenters. The van der Waals surface area contributed by atoms with Gasteiger partial charge in [0.25, 0.3) is 5.91 Å². The number of nitrogens with two attached hydrogens (primary N) is 1. The Labute approximate surface area is 193 Å². The van der Waals surface area contributed by atoms with Crippen LogP contribution in [0.25, 0.3) is 0 Å². The Balaban J connectivity index is 1.46. The van der Waals surface area contributed by atoms with Gasteiger partial charge in [0, 0.05) is 31.9 Å². The molecule has 0 atom stereocenters. The number of carbonyl (C=O) groups is 2. The number of anilines is 3. The van der Waals surface area contributed by atoms with Crippen molar-refractivity contribution in [2.24, 2.45) is 5.73 Å². The van der Waals surface area contributed by atoms with Gasteiger partial charge in [0.15, 0.2) is 11.5 Å². The number of benzene rings is 1. The lowest BCUT2D eigenvalue weighted by Crippen LogP contribution is -2.38. The van der Waals surface area contributed by atoms with E-state index < -0.39 is 5.91 Å². The molecule has 0 bridgehead atoms. The Morgan fingerprint density at radius 3 is 2.38 bits per heavy atom. The standard InChI is InChI=1S/C23H29ClN6O2/c24-14-20(31)30-12-8-17(9-13-30)16-4-6-18(7-5-16)27-23-21(22(25)32)26-15-19(28-23)29-10-2-1-3-11-29/h4-7,15,17H,1-3,8-14H2,(H2,25,32)(H,27,28). The maximum Gasteiger partial charge on any atom is 0.271 e. The molecule has 2 aromatic rings. The number of nitrogens with zero attached hydrogens (tertiary/aromatic N) is 4. The van der Waals surface area contributed by atoms with Gasteiger partial charge in [0.2, 0.25) is 5.91 Å². The largest absolute Gasteiger partial charge is 0.364 e.